The Labute approximate surface area is 99.5 Å². The SMILES string of the molecule is NCC1CCC(CNC(=O)c2nn[nH]n2)CC1. The normalized spacial score (nSPS) is 24.5. The largest absolute Gasteiger partial charge is 0.349 e. The molecule has 0 saturated heterocycles. The molecule has 4 N–H and O–H groups in total. The Balaban J connectivity index is 1.71. The van der Waals surface area contributed by atoms with Crippen LogP contribution < -0.4 is 11.1 Å². The van der Waals surface area contributed by atoms with Crippen molar-refractivity contribution in [1.29, 1.82) is 0 Å². The molecule has 17 heavy (non-hydrogen) atoms. The van der Waals surface area contributed by atoms with Crippen LogP contribution in [-0.2, 0) is 0 Å². The van der Waals surface area contributed by atoms with Crippen LogP contribution >= 0.6 is 0 Å². The molecule has 1 aliphatic carbocycles. The van der Waals surface area contributed by atoms with E-state index in [1.807, 2.05) is 0 Å². The van der Waals surface area contributed by atoms with E-state index in [9.17, 15) is 4.79 Å². The van der Waals surface area contributed by atoms with Gasteiger partial charge in [-0.05, 0) is 49.3 Å². The Hall–Kier alpha value is -1.50. The average molecular weight is 238 g/mol. The number of hydrogen-bond donors (Lipinski definition) is 3. The zero-order valence-electron chi connectivity index (χ0n) is 9.72. The highest BCUT2D eigenvalue weighted by Gasteiger charge is 2.21. The molecule has 0 radical (unpaired) electrons. The topological polar surface area (TPSA) is 110 Å². The number of carbonyl (C=O) groups excluding carboxylic acids is 1. The van der Waals surface area contributed by atoms with Gasteiger partial charge in [-0.3, -0.25) is 4.79 Å². The summed E-state index contributed by atoms with van der Waals surface area (Å²) in [6, 6.07) is 0. The standard InChI is InChI=1S/C10H18N6O/c11-5-7-1-3-8(4-2-7)6-12-10(17)9-13-15-16-14-9/h7-8H,1-6,11H2,(H,12,17)(H,13,14,15,16). The maximum Gasteiger partial charge on any atom is 0.292 e. The summed E-state index contributed by atoms with van der Waals surface area (Å²) in [7, 11) is 0. The number of aromatic amines is 1. The molecule has 1 amide bonds. The fourth-order valence-electron chi connectivity index (χ4n) is 2.25. The van der Waals surface area contributed by atoms with Crippen molar-refractivity contribution in [3.63, 3.8) is 0 Å². The summed E-state index contributed by atoms with van der Waals surface area (Å²) in [4.78, 5) is 11.6. The van der Waals surface area contributed by atoms with Crippen molar-refractivity contribution in [2.75, 3.05) is 13.1 Å². The molecule has 1 saturated carbocycles. The second kappa shape index (κ2) is 5.72. The van der Waals surface area contributed by atoms with E-state index in [0.29, 0.717) is 18.4 Å². The van der Waals surface area contributed by atoms with Crippen LogP contribution in [0.3, 0.4) is 0 Å². The first-order chi connectivity index (χ1) is 8.29. The van der Waals surface area contributed by atoms with Gasteiger partial charge in [0.15, 0.2) is 0 Å². The number of nitrogens with two attached hydrogens (primary N) is 1. The lowest BCUT2D eigenvalue weighted by molar-refractivity contribution is 0.0931. The van der Waals surface area contributed by atoms with Crippen molar-refractivity contribution >= 4 is 5.91 Å². The van der Waals surface area contributed by atoms with Gasteiger partial charge in [0, 0.05) is 6.54 Å². The molecular formula is C10H18N6O. The Morgan fingerprint density at radius 2 is 2.06 bits per heavy atom. The van der Waals surface area contributed by atoms with Gasteiger partial charge in [-0.25, -0.2) is 0 Å². The average Bonchev–Trinajstić information content (AvgIpc) is 2.90. The van der Waals surface area contributed by atoms with Gasteiger partial charge in [0.05, 0.1) is 0 Å². The summed E-state index contributed by atoms with van der Waals surface area (Å²) in [5, 5.41) is 15.7. The molecular weight excluding hydrogens is 220 g/mol. The molecule has 0 aliphatic heterocycles. The fourth-order valence-corrected chi connectivity index (χ4v) is 2.25. The van der Waals surface area contributed by atoms with E-state index in [0.717, 1.165) is 19.4 Å². The molecule has 7 heteroatoms. The Morgan fingerprint density at radius 3 is 2.65 bits per heavy atom. The number of carbonyl (C=O) groups is 1. The van der Waals surface area contributed by atoms with Gasteiger partial charge in [-0.15, -0.1) is 10.2 Å². The first kappa shape index (κ1) is 12.0. The number of rotatable bonds is 4. The summed E-state index contributed by atoms with van der Waals surface area (Å²) in [6.45, 7) is 1.46. The van der Waals surface area contributed by atoms with Crippen molar-refractivity contribution in [1.82, 2.24) is 25.9 Å². The van der Waals surface area contributed by atoms with Gasteiger partial charge < -0.3 is 11.1 Å². The highest BCUT2D eigenvalue weighted by Crippen LogP contribution is 2.27. The fraction of sp³-hybridized carbons (Fsp3) is 0.800. The minimum atomic E-state index is -0.264. The number of nitrogens with zero attached hydrogens (tertiary/aromatic N) is 3. The predicted octanol–water partition coefficient (Wildman–Crippen LogP) is -0.305. The third-order valence-electron chi connectivity index (χ3n) is 3.40. The zero-order valence-corrected chi connectivity index (χ0v) is 9.72. The van der Waals surface area contributed by atoms with Gasteiger partial charge in [0.2, 0.25) is 0 Å². The van der Waals surface area contributed by atoms with Crippen LogP contribution in [0.2, 0.25) is 0 Å². The van der Waals surface area contributed by atoms with Gasteiger partial charge in [-0.2, -0.15) is 5.21 Å². The van der Waals surface area contributed by atoms with E-state index >= 15 is 0 Å². The Morgan fingerprint density at radius 1 is 1.35 bits per heavy atom. The maximum absolute atomic E-state index is 11.6. The van der Waals surface area contributed by atoms with Crippen LogP contribution in [0.5, 0.6) is 0 Å². The Kier molecular flexibility index (Phi) is 4.03. The van der Waals surface area contributed by atoms with Gasteiger partial charge in [-0.1, -0.05) is 0 Å². The van der Waals surface area contributed by atoms with Crippen LogP contribution in [0.25, 0.3) is 0 Å². The number of aromatic nitrogens is 4. The third kappa shape index (κ3) is 3.23. The third-order valence-corrected chi connectivity index (χ3v) is 3.40. The van der Waals surface area contributed by atoms with Gasteiger partial charge >= 0.3 is 0 Å². The number of amides is 1. The number of H-pyrrole nitrogens is 1. The van der Waals surface area contributed by atoms with Crippen LogP contribution in [0.15, 0.2) is 0 Å². The molecule has 2 rings (SSSR count). The van der Waals surface area contributed by atoms with E-state index < -0.39 is 0 Å². The van der Waals surface area contributed by atoms with E-state index in [2.05, 4.69) is 25.9 Å². The molecule has 1 heterocycles. The van der Waals surface area contributed by atoms with E-state index in [1.54, 1.807) is 0 Å². The second-order valence-electron chi connectivity index (χ2n) is 4.57. The number of hydrogen-bond acceptors (Lipinski definition) is 5. The van der Waals surface area contributed by atoms with Crippen molar-refractivity contribution in [3.8, 4) is 0 Å². The maximum atomic E-state index is 11.6. The minimum Gasteiger partial charge on any atom is -0.349 e. The molecule has 94 valence electrons. The molecule has 0 spiro atoms. The molecule has 1 aromatic heterocycles. The predicted molar refractivity (Wildman–Crippen MR) is 61.0 cm³/mol. The number of nitrogens with one attached hydrogen (secondary N) is 2. The summed E-state index contributed by atoms with van der Waals surface area (Å²) in [6.07, 6.45) is 4.60. The second-order valence-corrected chi connectivity index (χ2v) is 4.57. The lowest BCUT2D eigenvalue weighted by atomic mass is 9.82. The first-order valence-electron chi connectivity index (χ1n) is 6.01. The molecule has 1 aromatic rings. The molecule has 1 fully saturated rings. The molecule has 0 atom stereocenters. The van der Waals surface area contributed by atoms with Gasteiger partial charge in [0.25, 0.3) is 11.7 Å². The quantitative estimate of drug-likeness (QED) is 0.666. The summed E-state index contributed by atoms with van der Waals surface area (Å²) >= 11 is 0. The van der Waals surface area contributed by atoms with Crippen molar-refractivity contribution in [3.05, 3.63) is 5.82 Å². The van der Waals surface area contributed by atoms with Crippen molar-refractivity contribution in [2.45, 2.75) is 25.7 Å². The van der Waals surface area contributed by atoms with Gasteiger partial charge in [0.1, 0.15) is 0 Å². The Bertz CT molecular complexity index is 344. The van der Waals surface area contributed by atoms with Crippen LogP contribution in [0.1, 0.15) is 36.3 Å². The minimum absolute atomic E-state index is 0.0978. The molecule has 0 bridgehead atoms. The van der Waals surface area contributed by atoms with Crippen molar-refractivity contribution in [2.24, 2.45) is 17.6 Å². The summed E-state index contributed by atoms with van der Waals surface area (Å²) in [5.41, 5.74) is 5.64. The zero-order chi connectivity index (χ0) is 12.1. The van der Waals surface area contributed by atoms with E-state index in [1.165, 1.54) is 12.8 Å². The lowest BCUT2D eigenvalue weighted by Crippen LogP contribution is -2.32. The smallest absolute Gasteiger partial charge is 0.292 e. The van der Waals surface area contributed by atoms with Crippen LogP contribution in [0.4, 0.5) is 0 Å². The monoisotopic (exact) mass is 238 g/mol. The highest BCUT2D eigenvalue weighted by molar-refractivity contribution is 5.89. The van der Waals surface area contributed by atoms with Crippen LogP contribution in [-0.4, -0.2) is 39.6 Å². The summed E-state index contributed by atoms with van der Waals surface area (Å²) in [5.74, 6) is 1.05. The molecule has 7 nitrogen and oxygen atoms in total. The first-order valence-corrected chi connectivity index (χ1v) is 6.01. The number of tetrazole rings is 1. The molecule has 1 aliphatic rings. The highest BCUT2D eigenvalue weighted by atomic mass is 16.2. The van der Waals surface area contributed by atoms with E-state index in [-0.39, 0.29) is 11.7 Å². The molecule has 0 aromatic carbocycles. The molecule has 0 unspecified atom stereocenters. The van der Waals surface area contributed by atoms with Crippen LogP contribution in [0, 0.1) is 11.8 Å². The van der Waals surface area contributed by atoms with E-state index in [4.69, 9.17) is 5.73 Å². The lowest BCUT2D eigenvalue weighted by Gasteiger charge is -2.27. The van der Waals surface area contributed by atoms with Crippen molar-refractivity contribution < 1.29 is 4.79 Å². The summed E-state index contributed by atoms with van der Waals surface area (Å²) < 4.78 is 0.